The van der Waals surface area contributed by atoms with Gasteiger partial charge in [-0.2, -0.15) is 4.98 Å². The van der Waals surface area contributed by atoms with Gasteiger partial charge in [-0.3, -0.25) is 0 Å². The van der Waals surface area contributed by atoms with Crippen LogP contribution < -0.4 is 10.5 Å². The molecule has 2 rings (SSSR count). The predicted octanol–water partition coefficient (Wildman–Crippen LogP) is 0.132. The topological polar surface area (TPSA) is 105 Å². The quantitative estimate of drug-likeness (QED) is 0.767. The van der Waals surface area contributed by atoms with E-state index in [9.17, 15) is 0 Å². The summed E-state index contributed by atoms with van der Waals surface area (Å²) < 4.78 is 6.81. The van der Waals surface area contributed by atoms with Crippen molar-refractivity contribution in [1.82, 2.24) is 30.2 Å². The zero-order valence-corrected chi connectivity index (χ0v) is 10.2. The monoisotopic (exact) mass is 253 g/mol. The molecule has 0 spiro atoms. The van der Waals surface area contributed by atoms with E-state index in [4.69, 9.17) is 10.5 Å². The van der Waals surface area contributed by atoms with Crippen LogP contribution in [0.4, 0.5) is 5.69 Å². The summed E-state index contributed by atoms with van der Waals surface area (Å²) in [4.78, 5) is 8.03. The summed E-state index contributed by atoms with van der Waals surface area (Å²) in [5.41, 5.74) is 6.28. The average Bonchev–Trinajstić information content (AvgIpc) is 2.70. The van der Waals surface area contributed by atoms with Crippen molar-refractivity contribution in [1.29, 1.82) is 0 Å². The van der Waals surface area contributed by atoms with Crippen LogP contribution in [0.1, 0.15) is 6.92 Å². The molecule has 90 valence electrons. The predicted molar refractivity (Wildman–Crippen MR) is 60.5 cm³/mol. The van der Waals surface area contributed by atoms with Gasteiger partial charge in [-0.1, -0.05) is 0 Å². The second-order valence-corrected chi connectivity index (χ2v) is 3.97. The van der Waals surface area contributed by atoms with Crippen molar-refractivity contribution in [3.8, 4) is 5.88 Å². The molecule has 0 saturated heterocycles. The Morgan fingerprint density at radius 1 is 1.47 bits per heavy atom. The summed E-state index contributed by atoms with van der Waals surface area (Å²) in [6.07, 6.45) is 1.40. The third kappa shape index (κ3) is 2.44. The Morgan fingerprint density at radius 3 is 2.94 bits per heavy atom. The highest BCUT2D eigenvalue weighted by molar-refractivity contribution is 7.99. The highest BCUT2D eigenvalue weighted by Crippen LogP contribution is 2.32. The lowest BCUT2D eigenvalue weighted by molar-refractivity contribution is 0.327. The fraction of sp³-hybridized carbons (Fsp3) is 0.375. The van der Waals surface area contributed by atoms with Gasteiger partial charge in [0.05, 0.1) is 6.61 Å². The minimum absolute atomic E-state index is 0.375. The van der Waals surface area contributed by atoms with Gasteiger partial charge in [-0.25, -0.2) is 9.67 Å². The molecule has 8 nitrogen and oxygen atoms in total. The molecule has 2 aromatic heterocycles. The largest absolute Gasteiger partial charge is 0.476 e. The first kappa shape index (κ1) is 11.6. The minimum atomic E-state index is 0.375. The molecule has 0 unspecified atom stereocenters. The molecule has 17 heavy (non-hydrogen) atoms. The van der Waals surface area contributed by atoms with Gasteiger partial charge in [-0.15, -0.1) is 5.10 Å². The van der Waals surface area contributed by atoms with Crippen LogP contribution in [0.25, 0.3) is 0 Å². The SMILES string of the molecule is CCOc1ncnc(Sc2nnnn2C)c1N. The van der Waals surface area contributed by atoms with Gasteiger partial charge in [0.2, 0.25) is 11.0 Å². The summed E-state index contributed by atoms with van der Waals surface area (Å²) in [6.45, 7) is 2.36. The van der Waals surface area contributed by atoms with Crippen molar-refractivity contribution >= 4 is 17.4 Å². The van der Waals surface area contributed by atoms with E-state index in [0.717, 1.165) is 0 Å². The lowest BCUT2D eigenvalue weighted by Crippen LogP contribution is -2.02. The van der Waals surface area contributed by atoms with Crippen LogP contribution in [0.3, 0.4) is 0 Å². The number of nitrogens with zero attached hydrogens (tertiary/aromatic N) is 6. The number of aryl methyl sites for hydroxylation is 1. The first-order chi connectivity index (χ1) is 8.22. The molecule has 0 fully saturated rings. The number of hydrogen-bond acceptors (Lipinski definition) is 8. The highest BCUT2D eigenvalue weighted by atomic mass is 32.2. The second kappa shape index (κ2) is 4.95. The van der Waals surface area contributed by atoms with Crippen molar-refractivity contribution in [3.05, 3.63) is 6.33 Å². The number of tetrazole rings is 1. The van der Waals surface area contributed by atoms with Crippen molar-refractivity contribution in [2.45, 2.75) is 17.1 Å². The number of aromatic nitrogens is 6. The normalized spacial score (nSPS) is 10.5. The third-order valence-corrected chi connectivity index (χ3v) is 2.91. The Labute approximate surface area is 102 Å². The molecule has 0 saturated carbocycles. The van der Waals surface area contributed by atoms with Gasteiger partial charge in [0.25, 0.3) is 0 Å². The molecule has 0 aliphatic rings. The summed E-state index contributed by atoms with van der Waals surface area (Å²) in [5.74, 6) is 0.375. The molecular weight excluding hydrogens is 242 g/mol. The van der Waals surface area contributed by atoms with Crippen LogP contribution >= 0.6 is 11.8 Å². The van der Waals surface area contributed by atoms with E-state index >= 15 is 0 Å². The number of nitrogen functional groups attached to an aromatic ring is 1. The first-order valence-electron chi connectivity index (χ1n) is 4.85. The molecule has 9 heteroatoms. The molecule has 2 aromatic rings. The Bertz CT molecular complexity index is 514. The second-order valence-electron chi connectivity index (χ2n) is 3.02. The Kier molecular flexibility index (Phi) is 3.38. The summed E-state index contributed by atoms with van der Waals surface area (Å²) >= 11 is 1.26. The third-order valence-electron chi connectivity index (χ3n) is 1.86. The average molecular weight is 253 g/mol. The summed E-state index contributed by atoms with van der Waals surface area (Å²) in [5, 5.41) is 12.3. The van der Waals surface area contributed by atoms with E-state index < -0.39 is 0 Å². The molecular formula is C8H11N7OS. The molecule has 0 radical (unpaired) electrons. The van der Waals surface area contributed by atoms with Gasteiger partial charge in [0.1, 0.15) is 17.0 Å². The Morgan fingerprint density at radius 2 is 2.29 bits per heavy atom. The van der Waals surface area contributed by atoms with E-state index in [-0.39, 0.29) is 0 Å². The number of rotatable bonds is 4. The fourth-order valence-corrected chi connectivity index (χ4v) is 1.81. The van der Waals surface area contributed by atoms with Crippen LogP contribution in [0.2, 0.25) is 0 Å². The smallest absolute Gasteiger partial charge is 0.241 e. The zero-order chi connectivity index (χ0) is 12.3. The maximum Gasteiger partial charge on any atom is 0.241 e. The molecule has 2 heterocycles. The lowest BCUT2D eigenvalue weighted by atomic mass is 10.5. The van der Waals surface area contributed by atoms with Gasteiger partial charge >= 0.3 is 0 Å². The maximum atomic E-state index is 5.89. The number of anilines is 1. The lowest BCUT2D eigenvalue weighted by Gasteiger charge is -2.07. The van der Waals surface area contributed by atoms with E-state index in [1.54, 1.807) is 7.05 Å². The van der Waals surface area contributed by atoms with Gasteiger partial charge in [0.15, 0.2) is 0 Å². The van der Waals surface area contributed by atoms with Crippen molar-refractivity contribution in [3.63, 3.8) is 0 Å². The van der Waals surface area contributed by atoms with Gasteiger partial charge in [0, 0.05) is 7.05 Å². The molecule has 2 N–H and O–H groups in total. The van der Waals surface area contributed by atoms with Crippen molar-refractivity contribution in [2.24, 2.45) is 7.05 Å². The molecule has 0 bridgehead atoms. The van der Waals surface area contributed by atoms with Crippen LogP contribution in [0.15, 0.2) is 16.5 Å². The van der Waals surface area contributed by atoms with E-state index in [1.165, 1.54) is 22.8 Å². The molecule has 0 amide bonds. The molecule has 0 aliphatic heterocycles. The molecule has 0 atom stereocenters. The zero-order valence-electron chi connectivity index (χ0n) is 9.36. The number of nitrogens with two attached hydrogens (primary N) is 1. The molecule has 0 aromatic carbocycles. The Hall–Kier alpha value is -1.90. The van der Waals surface area contributed by atoms with Crippen LogP contribution in [0, 0.1) is 0 Å². The van der Waals surface area contributed by atoms with Crippen LogP contribution in [0.5, 0.6) is 5.88 Å². The number of ether oxygens (including phenoxy) is 1. The first-order valence-corrected chi connectivity index (χ1v) is 5.67. The van der Waals surface area contributed by atoms with E-state index in [2.05, 4.69) is 25.5 Å². The van der Waals surface area contributed by atoms with E-state index in [1.807, 2.05) is 6.92 Å². The highest BCUT2D eigenvalue weighted by Gasteiger charge is 2.13. The Balaban J connectivity index is 2.27. The van der Waals surface area contributed by atoms with E-state index in [0.29, 0.717) is 28.4 Å². The fourth-order valence-electron chi connectivity index (χ4n) is 1.09. The maximum absolute atomic E-state index is 5.89. The minimum Gasteiger partial charge on any atom is -0.476 e. The van der Waals surface area contributed by atoms with Gasteiger partial charge < -0.3 is 10.5 Å². The molecule has 0 aliphatic carbocycles. The van der Waals surface area contributed by atoms with Crippen LogP contribution in [-0.4, -0.2) is 36.8 Å². The van der Waals surface area contributed by atoms with Gasteiger partial charge in [-0.05, 0) is 29.1 Å². The standard InChI is InChI=1S/C8H11N7OS/c1-3-16-6-5(9)7(11-4-10-6)17-8-12-13-14-15(8)2/h4H,3,9H2,1-2H3. The van der Waals surface area contributed by atoms with Crippen LogP contribution in [-0.2, 0) is 7.05 Å². The van der Waals surface area contributed by atoms with Crippen molar-refractivity contribution in [2.75, 3.05) is 12.3 Å². The number of hydrogen-bond donors (Lipinski definition) is 1. The summed E-state index contributed by atoms with van der Waals surface area (Å²) in [6, 6.07) is 0. The van der Waals surface area contributed by atoms with Crippen molar-refractivity contribution < 1.29 is 4.74 Å². The summed E-state index contributed by atoms with van der Waals surface area (Å²) in [7, 11) is 1.74.